The fourth-order valence-electron chi connectivity index (χ4n) is 3.74. The monoisotopic (exact) mass is 448 g/mol. The van der Waals surface area contributed by atoms with E-state index in [0.29, 0.717) is 25.1 Å². The predicted molar refractivity (Wildman–Crippen MR) is 119 cm³/mol. The molecule has 1 aromatic carbocycles. The average molecular weight is 449 g/mol. The van der Waals surface area contributed by atoms with Crippen molar-refractivity contribution in [2.45, 2.75) is 49.7 Å². The van der Waals surface area contributed by atoms with E-state index in [2.05, 4.69) is 0 Å². The molecule has 2 N–H and O–H groups in total. The van der Waals surface area contributed by atoms with Crippen LogP contribution >= 0.6 is 23.1 Å². The van der Waals surface area contributed by atoms with Gasteiger partial charge in [0.25, 0.3) is 0 Å². The number of thioether (sulfide) groups is 1. The number of likely N-dealkylation sites (tertiary alicyclic amines) is 1. The van der Waals surface area contributed by atoms with Crippen molar-refractivity contribution in [1.82, 2.24) is 4.90 Å². The topological polar surface area (TPSA) is 80.5 Å². The maximum absolute atomic E-state index is 13.2. The van der Waals surface area contributed by atoms with Crippen LogP contribution in [0.4, 0.5) is 9.39 Å². The van der Waals surface area contributed by atoms with Gasteiger partial charge in [0.2, 0.25) is 6.41 Å². The van der Waals surface area contributed by atoms with Crippen LogP contribution in [0.1, 0.15) is 57.3 Å². The minimum atomic E-state index is -0.362. The van der Waals surface area contributed by atoms with E-state index in [-0.39, 0.29) is 22.1 Å². The molecule has 1 saturated heterocycles. The van der Waals surface area contributed by atoms with Gasteiger partial charge in [0.15, 0.2) is 11.6 Å². The van der Waals surface area contributed by atoms with Crippen molar-refractivity contribution in [3.63, 3.8) is 0 Å². The van der Waals surface area contributed by atoms with Gasteiger partial charge < -0.3 is 10.6 Å². The quantitative estimate of drug-likeness (QED) is 0.535. The normalized spacial score (nSPS) is 17.2. The molecule has 30 heavy (non-hydrogen) atoms. The summed E-state index contributed by atoms with van der Waals surface area (Å²) in [5.74, 6) is -0.237. The lowest BCUT2D eigenvalue weighted by atomic mass is 9.88. The molecule has 1 amide bonds. The first-order chi connectivity index (χ1) is 14.2. The maximum Gasteiger partial charge on any atom is 0.209 e. The molecule has 0 unspecified atom stereocenters. The number of hydrogen-bond acceptors (Lipinski definition) is 6. The van der Waals surface area contributed by atoms with Crippen LogP contribution in [0.5, 0.6) is 0 Å². The Morgan fingerprint density at radius 3 is 2.40 bits per heavy atom. The van der Waals surface area contributed by atoms with E-state index >= 15 is 0 Å². The fourth-order valence-corrected chi connectivity index (χ4v) is 6.19. The van der Waals surface area contributed by atoms with Crippen LogP contribution in [0, 0.1) is 19.7 Å². The highest BCUT2D eigenvalue weighted by molar-refractivity contribution is 8.01. The fraction of sp³-hybridized carbons (Fsp3) is 0.409. The number of carbonyl (C=O) groups excluding carboxylic acids is 3. The van der Waals surface area contributed by atoms with Crippen LogP contribution in [0.3, 0.4) is 0 Å². The zero-order chi connectivity index (χ0) is 22.1. The van der Waals surface area contributed by atoms with Gasteiger partial charge in [0, 0.05) is 34.7 Å². The number of carbonyl (C=O) groups is 3. The van der Waals surface area contributed by atoms with Gasteiger partial charge in [-0.3, -0.25) is 14.4 Å². The number of hydrogen-bond donors (Lipinski definition) is 1. The molecule has 0 atom stereocenters. The summed E-state index contributed by atoms with van der Waals surface area (Å²) in [4.78, 5) is 37.3. The maximum atomic E-state index is 13.2. The van der Waals surface area contributed by atoms with E-state index in [1.165, 1.54) is 23.5 Å². The lowest BCUT2D eigenvalue weighted by Crippen LogP contribution is -2.44. The summed E-state index contributed by atoms with van der Waals surface area (Å²) in [5, 5.41) is 0.757. The summed E-state index contributed by atoms with van der Waals surface area (Å²) < 4.78 is 13.1. The number of thiophene rings is 1. The van der Waals surface area contributed by atoms with Crippen molar-refractivity contribution in [3.05, 3.63) is 45.6 Å². The van der Waals surface area contributed by atoms with Crippen LogP contribution in [-0.4, -0.2) is 40.7 Å². The first-order valence-electron chi connectivity index (χ1n) is 9.73. The number of piperidine rings is 1. The molecule has 0 bridgehead atoms. The Labute approximate surface area is 183 Å². The summed E-state index contributed by atoms with van der Waals surface area (Å²) in [5.41, 5.74) is 8.22. The summed E-state index contributed by atoms with van der Waals surface area (Å²) in [6.07, 6.45) is 2.95. The molecule has 1 aromatic heterocycles. The Kier molecular flexibility index (Phi) is 6.67. The van der Waals surface area contributed by atoms with Gasteiger partial charge in [-0.2, -0.15) is 0 Å². The molecule has 0 saturated carbocycles. The summed E-state index contributed by atoms with van der Waals surface area (Å²) >= 11 is 3.05. The molecular formula is C22H25FN2O3S2. The van der Waals surface area contributed by atoms with Crippen LogP contribution in [0.2, 0.25) is 0 Å². The molecular weight excluding hydrogens is 423 g/mol. The lowest BCUT2D eigenvalue weighted by Gasteiger charge is -2.42. The summed E-state index contributed by atoms with van der Waals surface area (Å²) in [7, 11) is 0. The highest BCUT2D eigenvalue weighted by Gasteiger charge is 2.41. The molecule has 2 aromatic rings. The van der Waals surface area contributed by atoms with Crippen LogP contribution in [0.15, 0.2) is 23.1 Å². The summed E-state index contributed by atoms with van der Waals surface area (Å²) in [6, 6.07) is 4.43. The van der Waals surface area contributed by atoms with Crippen molar-refractivity contribution in [2.24, 2.45) is 0 Å². The number of nitrogens with zero attached hydrogens (tertiary/aromatic N) is 1. The SMILES string of the molecule is CC(=O)c1sc(N)c(C)c1C.O=CN1CCC2(CC1)CC(=O)c1cc(F)ccc1S2. The second kappa shape index (κ2) is 8.89. The van der Waals surface area contributed by atoms with E-state index in [1.807, 2.05) is 13.8 Å². The highest BCUT2D eigenvalue weighted by atomic mass is 32.2. The Morgan fingerprint density at radius 2 is 1.90 bits per heavy atom. The van der Waals surface area contributed by atoms with Gasteiger partial charge in [-0.1, -0.05) is 0 Å². The van der Waals surface area contributed by atoms with Crippen molar-refractivity contribution in [3.8, 4) is 0 Å². The zero-order valence-electron chi connectivity index (χ0n) is 17.3. The largest absolute Gasteiger partial charge is 0.390 e. The van der Waals surface area contributed by atoms with Gasteiger partial charge in [-0.15, -0.1) is 23.1 Å². The van der Waals surface area contributed by atoms with Crippen molar-refractivity contribution in [2.75, 3.05) is 18.8 Å². The van der Waals surface area contributed by atoms with Gasteiger partial charge in [0.05, 0.1) is 9.88 Å². The number of Topliss-reactive ketones (excluding diaryl/α,β-unsaturated/α-hetero) is 2. The van der Waals surface area contributed by atoms with E-state index in [4.69, 9.17) is 5.73 Å². The van der Waals surface area contributed by atoms with Crippen LogP contribution in [0.25, 0.3) is 0 Å². The van der Waals surface area contributed by atoms with E-state index in [1.54, 1.807) is 29.7 Å². The lowest BCUT2D eigenvalue weighted by molar-refractivity contribution is -0.119. The molecule has 8 heteroatoms. The number of nitrogens with two attached hydrogens (primary N) is 1. The molecule has 3 heterocycles. The number of anilines is 1. The number of halogens is 1. The molecule has 0 aliphatic carbocycles. The first kappa shape index (κ1) is 22.5. The van der Waals surface area contributed by atoms with E-state index < -0.39 is 0 Å². The van der Waals surface area contributed by atoms with Gasteiger partial charge >= 0.3 is 0 Å². The Balaban J connectivity index is 0.000000199. The van der Waals surface area contributed by atoms with Crippen molar-refractivity contribution in [1.29, 1.82) is 0 Å². The van der Waals surface area contributed by atoms with Gasteiger partial charge in [0.1, 0.15) is 5.82 Å². The third-order valence-corrected chi connectivity index (χ3v) is 8.60. The number of ketones is 2. The van der Waals surface area contributed by atoms with Crippen molar-refractivity contribution >= 4 is 46.1 Å². The Morgan fingerprint density at radius 1 is 1.23 bits per heavy atom. The minimum Gasteiger partial charge on any atom is -0.390 e. The first-order valence-corrected chi connectivity index (χ1v) is 11.4. The third-order valence-electron chi connectivity index (χ3n) is 5.71. The molecule has 1 spiro atoms. The van der Waals surface area contributed by atoms with E-state index in [0.717, 1.165) is 45.2 Å². The molecule has 160 valence electrons. The van der Waals surface area contributed by atoms with Crippen LogP contribution < -0.4 is 5.73 Å². The standard InChI is InChI=1S/C14H14FNO2S.C8H11NOS/c15-10-1-2-13-11(7-10)12(18)8-14(19-13)3-5-16(9-17)6-4-14;1-4-5(2)8(9)11-7(4)6(3)10/h1-2,7,9H,3-6,8H2;9H2,1-3H3. The second-order valence-corrected chi connectivity index (χ2v) is 10.3. The van der Waals surface area contributed by atoms with Crippen molar-refractivity contribution < 1.29 is 18.8 Å². The van der Waals surface area contributed by atoms with Crippen LogP contribution in [-0.2, 0) is 4.79 Å². The average Bonchev–Trinajstić information content (AvgIpc) is 2.97. The molecule has 2 aliphatic heterocycles. The number of fused-ring (bicyclic) bond motifs is 1. The predicted octanol–water partition coefficient (Wildman–Crippen LogP) is 4.64. The number of rotatable bonds is 2. The molecule has 2 aliphatic rings. The van der Waals surface area contributed by atoms with Gasteiger partial charge in [-0.25, -0.2) is 4.39 Å². The number of amides is 1. The zero-order valence-corrected chi connectivity index (χ0v) is 18.9. The van der Waals surface area contributed by atoms with Gasteiger partial charge in [-0.05, 0) is 62.9 Å². The third kappa shape index (κ3) is 4.59. The minimum absolute atomic E-state index is 0.0211. The highest BCUT2D eigenvalue weighted by Crippen LogP contribution is 2.48. The number of benzene rings is 1. The Hall–Kier alpha value is -2.19. The molecule has 1 fully saturated rings. The molecule has 4 rings (SSSR count). The second-order valence-electron chi connectivity index (χ2n) is 7.77. The number of nitrogen functional groups attached to an aromatic ring is 1. The Bertz CT molecular complexity index is 995. The smallest absolute Gasteiger partial charge is 0.209 e. The molecule has 0 radical (unpaired) electrons. The summed E-state index contributed by atoms with van der Waals surface area (Å²) in [6.45, 7) is 6.82. The molecule has 5 nitrogen and oxygen atoms in total. The van der Waals surface area contributed by atoms with E-state index in [9.17, 15) is 18.8 Å².